The maximum Gasteiger partial charge on any atom is 0.273 e. The van der Waals surface area contributed by atoms with Gasteiger partial charge in [0.25, 0.3) is 5.91 Å². The Morgan fingerprint density at radius 3 is 2.70 bits per heavy atom. The van der Waals surface area contributed by atoms with Gasteiger partial charge < -0.3 is 15.0 Å². The lowest BCUT2D eigenvalue weighted by Gasteiger charge is -2.36. The van der Waals surface area contributed by atoms with E-state index in [1.807, 2.05) is 29.2 Å². The van der Waals surface area contributed by atoms with Gasteiger partial charge in [0.2, 0.25) is 5.91 Å². The average Bonchev–Trinajstić information content (AvgIpc) is 3.45. The van der Waals surface area contributed by atoms with E-state index in [-0.39, 0.29) is 17.9 Å². The Balaban J connectivity index is 1.32. The predicted octanol–water partition coefficient (Wildman–Crippen LogP) is 2.19. The number of ether oxygens (including phenoxy) is 1. The molecule has 0 spiro atoms. The molecule has 0 radical (unpaired) electrons. The maximum absolute atomic E-state index is 13.0. The molecule has 2 aromatic rings. The minimum absolute atomic E-state index is 0.155. The standard InChI is InChI=1S/C22H29N5O3/c1-30-19-9-5-16(6-10-19)14-21(28)27-12-3-2-4-18(27)11-13-26-15-20(24-25-26)22(29)23-17-7-8-17/h5-6,9-10,15,17-18H,2-4,7-8,11-14H2,1H3,(H,23,29). The summed E-state index contributed by atoms with van der Waals surface area (Å²) in [4.78, 5) is 27.1. The van der Waals surface area contributed by atoms with Crippen LogP contribution in [0.4, 0.5) is 0 Å². The van der Waals surface area contributed by atoms with Crippen molar-refractivity contribution < 1.29 is 14.3 Å². The van der Waals surface area contributed by atoms with Gasteiger partial charge in [-0.1, -0.05) is 17.3 Å². The van der Waals surface area contributed by atoms with Crippen molar-refractivity contribution >= 4 is 11.8 Å². The molecule has 1 aromatic carbocycles. The van der Waals surface area contributed by atoms with Crippen LogP contribution >= 0.6 is 0 Å². The monoisotopic (exact) mass is 411 g/mol. The van der Waals surface area contributed by atoms with Crippen LogP contribution < -0.4 is 10.1 Å². The van der Waals surface area contributed by atoms with Crippen LogP contribution in [-0.2, 0) is 17.8 Å². The predicted molar refractivity (Wildman–Crippen MR) is 111 cm³/mol. The van der Waals surface area contributed by atoms with E-state index in [1.165, 1.54) is 0 Å². The van der Waals surface area contributed by atoms with E-state index in [1.54, 1.807) is 18.0 Å². The van der Waals surface area contributed by atoms with Gasteiger partial charge in [0.15, 0.2) is 5.69 Å². The molecule has 1 saturated heterocycles. The summed E-state index contributed by atoms with van der Waals surface area (Å²) in [7, 11) is 1.64. The molecule has 1 aliphatic carbocycles. The molecule has 4 rings (SSSR count). The third kappa shape index (κ3) is 5.17. The zero-order valence-corrected chi connectivity index (χ0v) is 17.4. The Kier molecular flexibility index (Phi) is 6.30. The third-order valence-corrected chi connectivity index (χ3v) is 5.84. The Morgan fingerprint density at radius 2 is 1.97 bits per heavy atom. The van der Waals surface area contributed by atoms with Crippen molar-refractivity contribution in [3.05, 3.63) is 41.7 Å². The van der Waals surface area contributed by atoms with Crippen molar-refractivity contribution in [2.45, 2.75) is 63.6 Å². The van der Waals surface area contributed by atoms with Crippen LogP contribution in [0.1, 0.15) is 54.6 Å². The molecule has 160 valence electrons. The number of hydrogen-bond donors (Lipinski definition) is 1. The number of aromatic nitrogens is 3. The molecular weight excluding hydrogens is 382 g/mol. The van der Waals surface area contributed by atoms with E-state index >= 15 is 0 Å². The molecule has 1 N–H and O–H groups in total. The van der Waals surface area contributed by atoms with E-state index in [9.17, 15) is 9.59 Å². The lowest BCUT2D eigenvalue weighted by Crippen LogP contribution is -2.44. The van der Waals surface area contributed by atoms with Crippen molar-refractivity contribution in [1.82, 2.24) is 25.2 Å². The number of carbonyl (C=O) groups excluding carboxylic acids is 2. The van der Waals surface area contributed by atoms with Gasteiger partial charge in [-0.25, -0.2) is 0 Å². The van der Waals surface area contributed by atoms with Gasteiger partial charge in [0.05, 0.1) is 19.7 Å². The van der Waals surface area contributed by atoms with Crippen LogP contribution in [0.5, 0.6) is 5.75 Å². The second kappa shape index (κ2) is 9.28. The Hall–Kier alpha value is -2.90. The molecular formula is C22H29N5O3. The van der Waals surface area contributed by atoms with E-state index in [0.29, 0.717) is 24.7 Å². The van der Waals surface area contributed by atoms with Crippen LogP contribution in [0.3, 0.4) is 0 Å². The summed E-state index contributed by atoms with van der Waals surface area (Å²) in [6.45, 7) is 1.44. The smallest absolute Gasteiger partial charge is 0.273 e. The summed E-state index contributed by atoms with van der Waals surface area (Å²) in [5.41, 5.74) is 1.35. The number of nitrogens with zero attached hydrogens (tertiary/aromatic N) is 4. The van der Waals surface area contributed by atoms with Crippen LogP contribution in [0.15, 0.2) is 30.5 Å². The maximum atomic E-state index is 13.0. The largest absolute Gasteiger partial charge is 0.497 e. The normalized spacial score (nSPS) is 18.8. The minimum Gasteiger partial charge on any atom is -0.497 e. The summed E-state index contributed by atoms with van der Waals surface area (Å²) in [6.07, 6.45) is 8.16. The van der Waals surface area contributed by atoms with E-state index in [2.05, 4.69) is 15.6 Å². The van der Waals surface area contributed by atoms with Gasteiger partial charge in [-0.3, -0.25) is 14.3 Å². The summed E-state index contributed by atoms with van der Waals surface area (Å²) < 4.78 is 6.90. The summed E-state index contributed by atoms with van der Waals surface area (Å²) >= 11 is 0. The third-order valence-electron chi connectivity index (χ3n) is 5.84. The first-order valence-electron chi connectivity index (χ1n) is 10.8. The Bertz CT molecular complexity index is 875. The first-order chi connectivity index (χ1) is 14.6. The van der Waals surface area contributed by atoms with Crippen molar-refractivity contribution in [1.29, 1.82) is 0 Å². The van der Waals surface area contributed by atoms with Crippen molar-refractivity contribution in [3.8, 4) is 5.75 Å². The quantitative estimate of drug-likeness (QED) is 0.719. The summed E-state index contributed by atoms with van der Waals surface area (Å²) in [6, 6.07) is 8.15. The lowest BCUT2D eigenvalue weighted by atomic mass is 9.98. The molecule has 8 heteroatoms. The highest BCUT2D eigenvalue weighted by atomic mass is 16.5. The summed E-state index contributed by atoms with van der Waals surface area (Å²) in [5.74, 6) is 0.797. The average molecular weight is 412 g/mol. The van der Waals surface area contributed by atoms with Gasteiger partial charge in [-0.05, 0) is 56.2 Å². The van der Waals surface area contributed by atoms with Gasteiger partial charge >= 0.3 is 0 Å². The number of nitrogens with one attached hydrogen (secondary N) is 1. The minimum atomic E-state index is -0.155. The van der Waals surface area contributed by atoms with Crippen molar-refractivity contribution in [2.24, 2.45) is 0 Å². The molecule has 0 bridgehead atoms. The fraction of sp³-hybridized carbons (Fsp3) is 0.545. The number of methoxy groups -OCH3 is 1. The zero-order chi connectivity index (χ0) is 20.9. The molecule has 2 fully saturated rings. The second-order valence-corrected chi connectivity index (χ2v) is 8.16. The molecule has 30 heavy (non-hydrogen) atoms. The fourth-order valence-corrected chi connectivity index (χ4v) is 3.93. The number of carbonyl (C=O) groups is 2. The van der Waals surface area contributed by atoms with Crippen LogP contribution in [0, 0.1) is 0 Å². The van der Waals surface area contributed by atoms with Crippen molar-refractivity contribution in [2.75, 3.05) is 13.7 Å². The van der Waals surface area contributed by atoms with Gasteiger partial charge in [-0.2, -0.15) is 0 Å². The molecule has 8 nitrogen and oxygen atoms in total. The highest BCUT2D eigenvalue weighted by molar-refractivity contribution is 5.92. The van der Waals surface area contributed by atoms with E-state index < -0.39 is 0 Å². The van der Waals surface area contributed by atoms with E-state index in [4.69, 9.17) is 4.74 Å². The molecule has 1 unspecified atom stereocenters. The molecule has 1 saturated carbocycles. The first kappa shape index (κ1) is 20.4. The number of hydrogen-bond acceptors (Lipinski definition) is 5. The van der Waals surface area contributed by atoms with Crippen molar-refractivity contribution in [3.63, 3.8) is 0 Å². The van der Waals surface area contributed by atoms with Crippen LogP contribution in [0.25, 0.3) is 0 Å². The van der Waals surface area contributed by atoms with Gasteiger partial charge in [0, 0.05) is 25.2 Å². The van der Waals surface area contributed by atoms with Crippen LogP contribution in [0.2, 0.25) is 0 Å². The molecule has 2 heterocycles. The molecule has 1 aromatic heterocycles. The Labute approximate surface area is 176 Å². The summed E-state index contributed by atoms with van der Waals surface area (Å²) in [5, 5.41) is 11.0. The lowest BCUT2D eigenvalue weighted by molar-refractivity contribution is -0.134. The van der Waals surface area contributed by atoms with Crippen LogP contribution in [-0.4, -0.2) is 57.4 Å². The highest BCUT2D eigenvalue weighted by Gasteiger charge is 2.27. The van der Waals surface area contributed by atoms with Gasteiger partial charge in [-0.15, -0.1) is 5.10 Å². The van der Waals surface area contributed by atoms with E-state index in [0.717, 1.165) is 56.4 Å². The number of rotatable bonds is 8. The first-order valence-corrected chi connectivity index (χ1v) is 10.8. The molecule has 1 aliphatic heterocycles. The number of benzene rings is 1. The topological polar surface area (TPSA) is 89.4 Å². The fourth-order valence-electron chi connectivity index (χ4n) is 3.93. The molecule has 1 atom stereocenters. The second-order valence-electron chi connectivity index (χ2n) is 8.16. The highest BCUT2D eigenvalue weighted by Crippen LogP contribution is 2.22. The number of likely N-dealkylation sites (tertiary alicyclic amines) is 1. The zero-order valence-electron chi connectivity index (χ0n) is 17.4. The number of amides is 2. The number of aryl methyl sites for hydroxylation is 1. The Morgan fingerprint density at radius 1 is 1.17 bits per heavy atom. The number of piperidine rings is 1. The molecule has 2 amide bonds. The SMILES string of the molecule is COc1ccc(CC(=O)N2CCCCC2CCn2cc(C(=O)NC3CC3)nn2)cc1. The molecule has 2 aliphatic rings. The van der Waals surface area contributed by atoms with Gasteiger partial charge in [0.1, 0.15) is 5.75 Å².